The van der Waals surface area contributed by atoms with E-state index < -0.39 is 36.2 Å². The van der Waals surface area contributed by atoms with Crippen LogP contribution in [0.3, 0.4) is 0 Å². The van der Waals surface area contributed by atoms with Crippen LogP contribution in [0.5, 0.6) is 0 Å². The molecule has 186 valence electrons. The summed E-state index contributed by atoms with van der Waals surface area (Å²) in [5.41, 5.74) is 4.52. The van der Waals surface area contributed by atoms with E-state index in [0.717, 1.165) is 35.1 Å². The monoisotopic (exact) mass is 480 g/mol. The van der Waals surface area contributed by atoms with E-state index in [1.165, 1.54) is 4.90 Å². The van der Waals surface area contributed by atoms with Crippen LogP contribution in [0.2, 0.25) is 0 Å². The van der Waals surface area contributed by atoms with Crippen LogP contribution in [0.15, 0.2) is 48.5 Å². The smallest absolute Gasteiger partial charge is 0.407 e. The average molecular weight is 481 g/mol. The molecule has 2 unspecified atom stereocenters. The number of carboxylic acids is 1. The van der Waals surface area contributed by atoms with Gasteiger partial charge in [0.05, 0.1) is 6.10 Å². The molecule has 1 fully saturated rings. The van der Waals surface area contributed by atoms with Gasteiger partial charge in [-0.2, -0.15) is 0 Å². The third-order valence-electron chi connectivity index (χ3n) is 6.88. The van der Waals surface area contributed by atoms with Crippen molar-refractivity contribution in [3.8, 4) is 11.1 Å². The Morgan fingerprint density at radius 1 is 1.09 bits per heavy atom. The Balaban J connectivity index is 1.39. The molecule has 8 nitrogen and oxygen atoms in total. The fourth-order valence-corrected chi connectivity index (χ4v) is 5.13. The minimum absolute atomic E-state index is 0.0127. The summed E-state index contributed by atoms with van der Waals surface area (Å²) in [6, 6.07) is 14.7. The van der Waals surface area contributed by atoms with Gasteiger partial charge in [-0.3, -0.25) is 4.79 Å². The quantitative estimate of drug-likeness (QED) is 0.506. The number of alkyl carbamates (subject to hydrolysis) is 1. The lowest BCUT2D eigenvalue weighted by Gasteiger charge is -2.25. The molecule has 2 aromatic rings. The Morgan fingerprint density at radius 3 is 2.31 bits per heavy atom. The highest BCUT2D eigenvalue weighted by molar-refractivity contribution is 5.85. The molecule has 4 rings (SSSR count). The number of hydrogen-bond donors (Lipinski definition) is 3. The van der Waals surface area contributed by atoms with E-state index in [-0.39, 0.29) is 31.9 Å². The van der Waals surface area contributed by atoms with E-state index in [9.17, 15) is 24.6 Å². The number of aliphatic hydroxyl groups is 1. The summed E-state index contributed by atoms with van der Waals surface area (Å²) in [4.78, 5) is 38.3. The van der Waals surface area contributed by atoms with Crippen LogP contribution in [-0.4, -0.2) is 64.4 Å². The summed E-state index contributed by atoms with van der Waals surface area (Å²) in [5, 5.41) is 22.1. The number of carbonyl (C=O) groups excluding carboxylic acids is 2. The lowest BCUT2D eigenvalue weighted by molar-refractivity contribution is -0.148. The Bertz CT molecular complexity index is 1040. The van der Waals surface area contributed by atoms with Crippen LogP contribution in [0.25, 0.3) is 11.1 Å². The Hall–Kier alpha value is -3.39. The molecule has 0 radical (unpaired) electrons. The van der Waals surface area contributed by atoms with Gasteiger partial charge in [-0.25, -0.2) is 9.59 Å². The van der Waals surface area contributed by atoms with Gasteiger partial charge in [0.2, 0.25) is 5.91 Å². The van der Waals surface area contributed by atoms with Gasteiger partial charge in [0.25, 0.3) is 0 Å². The van der Waals surface area contributed by atoms with Crippen molar-refractivity contribution in [2.45, 2.75) is 63.1 Å². The van der Waals surface area contributed by atoms with Gasteiger partial charge >= 0.3 is 12.1 Å². The zero-order chi connectivity index (χ0) is 24.9. The normalized spacial score (nSPS) is 19.7. The molecule has 2 aliphatic rings. The SMILES string of the molecule is CCCC[C@H](CC(=O)N1CC(O)CC1C(=O)O)NC(=O)OCC1c2ccccc2-c2ccccc21. The molecule has 8 heteroatoms. The molecule has 0 aromatic heterocycles. The molecular formula is C27H32N2O6. The summed E-state index contributed by atoms with van der Waals surface area (Å²) >= 11 is 0. The van der Waals surface area contributed by atoms with Crippen LogP contribution < -0.4 is 5.32 Å². The zero-order valence-electron chi connectivity index (χ0n) is 19.9. The Kier molecular flexibility index (Phi) is 7.70. The van der Waals surface area contributed by atoms with Crippen LogP contribution >= 0.6 is 0 Å². The number of ether oxygens (including phenoxy) is 1. The number of benzene rings is 2. The number of rotatable bonds is 9. The predicted octanol–water partition coefficient (Wildman–Crippen LogP) is 3.52. The Morgan fingerprint density at radius 2 is 1.71 bits per heavy atom. The van der Waals surface area contributed by atoms with Crippen molar-refractivity contribution < 1.29 is 29.3 Å². The minimum atomic E-state index is -1.13. The highest BCUT2D eigenvalue weighted by atomic mass is 16.5. The van der Waals surface area contributed by atoms with Crippen molar-refractivity contribution in [1.82, 2.24) is 10.2 Å². The predicted molar refractivity (Wildman–Crippen MR) is 130 cm³/mol. The van der Waals surface area contributed by atoms with Crippen LogP contribution in [0.4, 0.5) is 4.79 Å². The van der Waals surface area contributed by atoms with E-state index in [1.807, 2.05) is 43.3 Å². The molecule has 0 saturated carbocycles. The van der Waals surface area contributed by atoms with E-state index in [4.69, 9.17) is 4.74 Å². The first-order chi connectivity index (χ1) is 16.9. The lowest BCUT2D eigenvalue weighted by atomic mass is 9.98. The van der Waals surface area contributed by atoms with Crippen molar-refractivity contribution in [2.24, 2.45) is 0 Å². The number of carboxylic acid groups (broad SMARTS) is 1. The van der Waals surface area contributed by atoms with E-state index in [2.05, 4.69) is 17.4 Å². The average Bonchev–Trinajstić information content (AvgIpc) is 3.39. The summed E-state index contributed by atoms with van der Waals surface area (Å²) in [7, 11) is 0. The number of nitrogens with zero attached hydrogens (tertiary/aromatic N) is 1. The van der Waals surface area contributed by atoms with Crippen molar-refractivity contribution in [3.05, 3.63) is 59.7 Å². The van der Waals surface area contributed by atoms with Gasteiger partial charge < -0.3 is 25.2 Å². The molecular weight excluding hydrogens is 448 g/mol. The first kappa shape index (κ1) is 24.7. The molecule has 35 heavy (non-hydrogen) atoms. The summed E-state index contributed by atoms with van der Waals surface area (Å²) in [6.45, 7) is 2.18. The van der Waals surface area contributed by atoms with Gasteiger partial charge in [0.1, 0.15) is 12.6 Å². The number of nitrogens with one attached hydrogen (secondary N) is 1. The number of hydrogen-bond acceptors (Lipinski definition) is 5. The number of amides is 2. The fourth-order valence-electron chi connectivity index (χ4n) is 5.13. The molecule has 1 saturated heterocycles. The molecule has 2 aromatic carbocycles. The molecule has 0 spiro atoms. The minimum Gasteiger partial charge on any atom is -0.480 e. The second kappa shape index (κ2) is 10.9. The summed E-state index contributed by atoms with van der Waals surface area (Å²) in [5.74, 6) is -1.59. The van der Waals surface area contributed by atoms with Gasteiger partial charge in [0, 0.05) is 31.3 Å². The van der Waals surface area contributed by atoms with E-state index >= 15 is 0 Å². The first-order valence-electron chi connectivity index (χ1n) is 12.2. The van der Waals surface area contributed by atoms with Gasteiger partial charge in [0.15, 0.2) is 0 Å². The fraction of sp³-hybridized carbons (Fsp3) is 0.444. The molecule has 0 bridgehead atoms. The first-order valence-corrected chi connectivity index (χ1v) is 12.2. The maximum atomic E-state index is 12.9. The largest absolute Gasteiger partial charge is 0.480 e. The van der Waals surface area contributed by atoms with Gasteiger partial charge in [-0.1, -0.05) is 68.3 Å². The van der Waals surface area contributed by atoms with Crippen LogP contribution in [0, 0.1) is 0 Å². The summed E-state index contributed by atoms with van der Waals surface area (Å²) < 4.78 is 5.62. The molecule has 2 amide bonds. The molecule has 3 atom stereocenters. The molecule has 3 N–H and O–H groups in total. The van der Waals surface area contributed by atoms with Crippen molar-refractivity contribution >= 4 is 18.0 Å². The number of fused-ring (bicyclic) bond motifs is 3. The van der Waals surface area contributed by atoms with Gasteiger partial charge in [-0.05, 0) is 28.7 Å². The van der Waals surface area contributed by atoms with Crippen molar-refractivity contribution in [3.63, 3.8) is 0 Å². The lowest BCUT2D eigenvalue weighted by Crippen LogP contribution is -2.45. The number of carbonyl (C=O) groups is 3. The second-order valence-electron chi connectivity index (χ2n) is 9.30. The molecule has 1 aliphatic carbocycles. The maximum absolute atomic E-state index is 12.9. The third kappa shape index (κ3) is 5.48. The number of likely N-dealkylation sites (tertiary alicyclic amines) is 1. The van der Waals surface area contributed by atoms with Crippen molar-refractivity contribution in [2.75, 3.05) is 13.2 Å². The maximum Gasteiger partial charge on any atom is 0.407 e. The summed E-state index contributed by atoms with van der Waals surface area (Å²) in [6.07, 6.45) is 0.771. The number of aliphatic carboxylic acids is 1. The Labute approximate surface area is 204 Å². The number of β-amino-alcohol motifs (C(OH)–C–C–N with tert-alkyl or cyclic N) is 1. The highest BCUT2D eigenvalue weighted by Crippen LogP contribution is 2.44. The topological polar surface area (TPSA) is 116 Å². The third-order valence-corrected chi connectivity index (χ3v) is 6.88. The molecule has 1 heterocycles. The van der Waals surface area contributed by atoms with Crippen molar-refractivity contribution in [1.29, 1.82) is 0 Å². The number of unbranched alkanes of at least 4 members (excludes halogenated alkanes) is 1. The highest BCUT2D eigenvalue weighted by Gasteiger charge is 2.39. The van der Waals surface area contributed by atoms with E-state index in [1.54, 1.807) is 0 Å². The standard InChI is InChI=1S/C27H32N2O6/c1-2-3-8-17(13-25(31)29-15-18(30)14-24(29)26(32)33)28-27(34)35-16-23-21-11-6-4-9-19(21)20-10-5-7-12-22(20)23/h4-7,9-12,17-18,23-24,30H,2-3,8,13-16H2,1H3,(H,28,34)(H,32,33)/t17-,18?,24?/m1/s1. The second-order valence-corrected chi connectivity index (χ2v) is 9.30. The zero-order valence-corrected chi connectivity index (χ0v) is 19.9. The molecule has 1 aliphatic heterocycles. The van der Waals surface area contributed by atoms with Crippen LogP contribution in [0.1, 0.15) is 56.1 Å². The number of aliphatic hydroxyl groups excluding tert-OH is 1. The van der Waals surface area contributed by atoms with E-state index in [0.29, 0.717) is 6.42 Å². The van der Waals surface area contributed by atoms with Crippen LogP contribution in [-0.2, 0) is 14.3 Å². The van der Waals surface area contributed by atoms with Gasteiger partial charge in [-0.15, -0.1) is 0 Å².